The van der Waals surface area contributed by atoms with Crippen molar-refractivity contribution in [3.8, 4) is 5.75 Å². The van der Waals surface area contributed by atoms with E-state index in [1.807, 2.05) is 19.1 Å². The quantitative estimate of drug-likeness (QED) is 0.407. The van der Waals surface area contributed by atoms with Gasteiger partial charge in [-0.25, -0.2) is 22.5 Å². The molecule has 0 unspecified atom stereocenters. The molecule has 0 aliphatic heterocycles. The van der Waals surface area contributed by atoms with Crippen molar-refractivity contribution in [1.29, 1.82) is 0 Å². The third-order valence-electron chi connectivity index (χ3n) is 4.07. The topological polar surface area (TPSA) is 118 Å². The second-order valence-electron chi connectivity index (χ2n) is 6.50. The van der Waals surface area contributed by atoms with Crippen LogP contribution in [0.4, 0.5) is 21.8 Å². The minimum absolute atomic E-state index is 0.0118. The molecule has 164 valence electrons. The second-order valence-corrected chi connectivity index (χ2v) is 8.27. The smallest absolute Gasteiger partial charge is 0.240 e. The van der Waals surface area contributed by atoms with E-state index < -0.39 is 15.8 Å². The summed E-state index contributed by atoms with van der Waals surface area (Å²) in [5, 5.41) is 14.1. The van der Waals surface area contributed by atoms with Crippen LogP contribution in [0.5, 0.6) is 5.75 Å². The summed E-state index contributed by atoms with van der Waals surface area (Å²) in [5.41, 5.74) is 1.06. The van der Waals surface area contributed by atoms with E-state index in [1.54, 1.807) is 25.3 Å². The standard InChI is InChI=1S/C20H23FN6O3S/c1-3-30-17-6-5-15(12-16(17)21)31(28,29)24-11-10-22-19-8-9-20(27-26-19)25-18-7-4-14(2)13-23-18/h4-9,12-13,24H,3,10-11H2,1-2H3,(H,22,26)(H,23,25,27). The van der Waals surface area contributed by atoms with E-state index in [1.165, 1.54) is 12.1 Å². The number of rotatable bonds is 10. The number of nitrogens with one attached hydrogen (secondary N) is 3. The maximum Gasteiger partial charge on any atom is 0.240 e. The van der Waals surface area contributed by atoms with Gasteiger partial charge in [0, 0.05) is 19.3 Å². The van der Waals surface area contributed by atoms with Crippen molar-refractivity contribution in [2.75, 3.05) is 30.3 Å². The Morgan fingerprint density at radius 1 is 1.00 bits per heavy atom. The molecule has 0 fully saturated rings. The molecular weight excluding hydrogens is 423 g/mol. The van der Waals surface area contributed by atoms with E-state index in [2.05, 4.69) is 30.5 Å². The molecule has 3 aromatic rings. The van der Waals surface area contributed by atoms with E-state index in [9.17, 15) is 12.8 Å². The van der Waals surface area contributed by atoms with Crippen LogP contribution in [0.25, 0.3) is 0 Å². The van der Waals surface area contributed by atoms with Gasteiger partial charge in [0.2, 0.25) is 10.0 Å². The number of halogens is 1. The fraction of sp³-hybridized carbons (Fsp3) is 0.250. The zero-order valence-electron chi connectivity index (χ0n) is 17.1. The molecular formula is C20H23FN6O3S. The Morgan fingerprint density at radius 2 is 1.74 bits per heavy atom. The predicted molar refractivity (Wildman–Crippen MR) is 116 cm³/mol. The number of hydrogen-bond acceptors (Lipinski definition) is 8. The Balaban J connectivity index is 1.48. The molecule has 0 aliphatic rings. The monoisotopic (exact) mass is 446 g/mol. The lowest BCUT2D eigenvalue weighted by Crippen LogP contribution is -2.29. The summed E-state index contributed by atoms with van der Waals surface area (Å²) in [6.07, 6.45) is 1.74. The summed E-state index contributed by atoms with van der Waals surface area (Å²) < 4.78 is 46.0. The maximum atomic E-state index is 13.9. The molecule has 0 spiro atoms. The molecule has 0 radical (unpaired) electrons. The van der Waals surface area contributed by atoms with Gasteiger partial charge in [-0.05, 0) is 55.8 Å². The molecule has 0 aliphatic carbocycles. The molecule has 2 heterocycles. The predicted octanol–water partition coefficient (Wildman–Crippen LogP) is 2.85. The van der Waals surface area contributed by atoms with Gasteiger partial charge in [0.1, 0.15) is 11.6 Å². The van der Waals surface area contributed by atoms with Crippen LogP contribution in [0.3, 0.4) is 0 Å². The fourth-order valence-corrected chi connectivity index (χ4v) is 3.59. The highest BCUT2D eigenvalue weighted by atomic mass is 32.2. The van der Waals surface area contributed by atoms with Crippen molar-refractivity contribution >= 4 is 27.5 Å². The van der Waals surface area contributed by atoms with E-state index in [0.717, 1.165) is 11.6 Å². The first-order valence-corrected chi connectivity index (χ1v) is 11.0. The number of anilines is 3. The van der Waals surface area contributed by atoms with E-state index in [0.29, 0.717) is 17.5 Å². The van der Waals surface area contributed by atoms with Crippen LogP contribution in [0.2, 0.25) is 0 Å². The van der Waals surface area contributed by atoms with Gasteiger partial charge >= 0.3 is 0 Å². The summed E-state index contributed by atoms with van der Waals surface area (Å²) >= 11 is 0. The van der Waals surface area contributed by atoms with Crippen molar-refractivity contribution in [3.63, 3.8) is 0 Å². The number of nitrogens with zero attached hydrogens (tertiary/aromatic N) is 3. The van der Waals surface area contributed by atoms with Crippen molar-refractivity contribution in [2.45, 2.75) is 18.7 Å². The summed E-state index contributed by atoms with van der Waals surface area (Å²) in [6, 6.07) is 10.7. The fourth-order valence-electron chi connectivity index (χ4n) is 2.55. The highest BCUT2D eigenvalue weighted by Crippen LogP contribution is 2.21. The van der Waals surface area contributed by atoms with Gasteiger partial charge in [0.05, 0.1) is 11.5 Å². The lowest BCUT2D eigenvalue weighted by Gasteiger charge is -2.10. The van der Waals surface area contributed by atoms with Crippen molar-refractivity contribution in [3.05, 3.63) is 60.0 Å². The van der Waals surface area contributed by atoms with E-state index in [-0.39, 0.29) is 30.3 Å². The first-order chi connectivity index (χ1) is 14.9. The van der Waals surface area contributed by atoms with Crippen LogP contribution in [0.1, 0.15) is 12.5 Å². The third kappa shape index (κ3) is 6.33. The number of pyridine rings is 1. The first-order valence-electron chi connectivity index (χ1n) is 9.56. The van der Waals surface area contributed by atoms with Crippen LogP contribution >= 0.6 is 0 Å². The number of ether oxygens (including phenoxy) is 1. The van der Waals surface area contributed by atoms with Crippen molar-refractivity contribution < 1.29 is 17.5 Å². The first kappa shape index (κ1) is 22.4. The van der Waals surface area contributed by atoms with Crippen LogP contribution in [-0.2, 0) is 10.0 Å². The molecule has 3 rings (SSSR count). The molecule has 11 heteroatoms. The van der Waals surface area contributed by atoms with Crippen LogP contribution in [0.15, 0.2) is 53.6 Å². The summed E-state index contributed by atoms with van der Waals surface area (Å²) in [7, 11) is -3.85. The van der Waals surface area contributed by atoms with Gasteiger partial charge in [-0.15, -0.1) is 10.2 Å². The second kappa shape index (κ2) is 10.1. The van der Waals surface area contributed by atoms with Gasteiger partial charge in [0.25, 0.3) is 0 Å². The number of sulfonamides is 1. The minimum atomic E-state index is -3.85. The van der Waals surface area contributed by atoms with Crippen LogP contribution in [0, 0.1) is 12.7 Å². The maximum absolute atomic E-state index is 13.9. The molecule has 2 aromatic heterocycles. The highest BCUT2D eigenvalue weighted by molar-refractivity contribution is 7.89. The Hall–Kier alpha value is -3.31. The normalized spacial score (nSPS) is 11.2. The molecule has 0 bridgehead atoms. The zero-order valence-corrected chi connectivity index (χ0v) is 17.9. The summed E-state index contributed by atoms with van der Waals surface area (Å²) in [6.45, 7) is 4.30. The molecule has 3 N–H and O–H groups in total. The Kier molecular flexibility index (Phi) is 7.32. The average Bonchev–Trinajstić information content (AvgIpc) is 2.75. The Bertz CT molecular complexity index is 1110. The minimum Gasteiger partial charge on any atom is -0.491 e. The lowest BCUT2D eigenvalue weighted by molar-refractivity contribution is 0.321. The highest BCUT2D eigenvalue weighted by Gasteiger charge is 2.16. The van der Waals surface area contributed by atoms with Gasteiger partial charge in [0.15, 0.2) is 17.4 Å². The SMILES string of the molecule is CCOc1ccc(S(=O)(=O)NCCNc2ccc(Nc3ccc(C)cn3)nn2)cc1F. The third-order valence-corrected chi connectivity index (χ3v) is 5.53. The number of aryl methyl sites for hydroxylation is 1. The van der Waals surface area contributed by atoms with Crippen molar-refractivity contribution in [1.82, 2.24) is 19.9 Å². The number of hydrogen-bond donors (Lipinski definition) is 3. The largest absolute Gasteiger partial charge is 0.491 e. The number of aromatic nitrogens is 3. The molecule has 0 saturated heterocycles. The van der Waals surface area contributed by atoms with Crippen LogP contribution < -0.4 is 20.1 Å². The van der Waals surface area contributed by atoms with Gasteiger partial charge < -0.3 is 15.4 Å². The van der Waals surface area contributed by atoms with Crippen molar-refractivity contribution in [2.24, 2.45) is 0 Å². The van der Waals surface area contributed by atoms with Gasteiger partial charge in [-0.2, -0.15) is 0 Å². The van der Waals surface area contributed by atoms with E-state index in [4.69, 9.17) is 4.74 Å². The zero-order chi connectivity index (χ0) is 22.3. The lowest BCUT2D eigenvalue weighted by atomic mass is 10.3. The Labute approximate surface area is 180 Å². The van der Waals surface area contributed by atoms with Crippen LogP contribution in [-0.4, -0.2) is 43.3 Å². The molecule has 0 saturated carbocycles. The molecule has 1 aromatic carbocycles. The molecule has 0 atom stereocenters. The molecule has 9 nitrogen and oxygen atoms in total. The number of benzene rings is 1. The van der Waals surface area contributed by atoms with Gasteiger partial charge in [-0.1, -0.05) is 6.07 Å². The van der Waals surface area contributed by atoms with E-state index >= 15 is 0 Å². The molecule has 0 amide bonds. The average molecular weight is 447 g/mol. The molecule has 31 heavy (non-hydrogen) atoms. The Morgan fingerprint density at radius 3 is 2.39 bits per heavy atom. The summed E-state index contributed by atoms with van der Waals surface area (Å²) in [4.78, 5) is 4.06. The summed E-state index contributed by atoms with van der Waals surface area (Å²) in [5.74, 6) is 0.944. The van der Waals surface area contributed by atoms with Gasteiger partial charge in [-0.3, -0.25) is 0 Å².